The van der Waals surface area contributed by atoms with Gasteiger partial charge in [0, 0.05) is 24.9 Å². The zero-order chi connectivity index (χ0) is 15.5. The average molecular weight is 298 g/mol. The molecule has 5 heteroatoms. The van der Waals surface area contributed by atoms with Crippen molar-refractivity contribution in [1.82, 2.24) is 4.98 Å². The van der Waals surface area contributed by atoms with E-state index in [1.165, 1.54) is 0 Å². The molecule has 5 nitrogen and oxygen atoms in total. The van der Waals surface area contributed by atoms with Crippen molar-refractivity contribution < 1.29 is 14.6 Å². The van der Waals surface area contributed by atoms with Gasteiger partial charge in [0.2, 0.25) is 0 Å². The molecule has 2 heterocycles. The number of hydrogen-bond acceptors (Lipinski definition) is 4. The fourth-order valence-corrected chi connectivity index (χ4v) is 2.82. The van der Waals surface area contributed by atoms with E-state index in [0.29, 0.717) is 5.69 Å². The van der Waals surface area contributed by atoms with E-state index in [-0.39, 0.29) is 11.9 Å². The van der Waals surface area contributed by atoms with Crippen LogP contribution < -0.4 is 4.90 Å². The highest BCUT2D eigenvalue weighted by Crippen LogP contribution is 2.30. The Hall–Kier alpha value is -2.40. The predicted octanol–water partition coefficient (Wildman–Crippen LogP) is 3.02. The minimum absolute atomic E-state index is 0.00679. The SMILES string of the molecule is CO[C@H]1CCCN1c1cc(C(=O)O)nc(-c2ccccc2)c1. The van der Waals surface area contributed by atoms with Gasteiger partial charge in [-0.25, -0.2) is 9.78 Å². The van der Waals surface area contributed by atoms with Crippen molar-refractivity contribution in [3.05, 3.63) is 48.2 Å². The van der Waals surface area contributed by atoms with E-state index < -0.39 is 5.97 Å². The second kappa shape index (κ2) is 6.15. The summed E-state index contributed by atoms with van der Waals surface area (Å²) in [7, 11) is 1.68. The van der Waals surface area contributed by atoms with E-state index in [9.17, 15) is 9.90 Å². The minimum Gasteiger partial charge on any atom is -0.477 e. The van der Waals surface area contributed by atoms with Gasteiger partial charge < -0.3 is 14.7 Å². The quantitative estimate of drug-likeness (QED) is 0.940. The van der Waals surface area contributed by atoms with Gasteiger partial charge in [0.25, 0.3) is 0 Å². The number of aromatic nitrogens is 1. The number of benzene rings is 1. The van der Waals surface area contributed by atoms with E-state index >= 15 is 0 Å². The monoisotopic (exact) mass is 298 g/mol. The third-order valence-electron chi connectivity index (χ3n) is 3.90. The number of aromatic carboxylic acids is 1. The minimum atomic E-state index is -1.02. The van der Waals surface area contributed by atoms with Crippen LogP contribution >= 0.6 is 0 Å². The van der Waals surface area contributed by atoms with Gasteiger partial charge in [0.15, 0.2) is 5.69 Å². The molecule has 0 spiro atoms. The number of ether oxygens (including phenoxy) is 1. The summed E-state index contributed by atoms with van der Waals surface area (Å²) < 4.78 is 5.48. The highest BCUT2D eigenvalue weighted by molar-refractivity contribution is 5.88. The lowest BCUT2D eigenvalue weighted by molar-refractivity contribution is 0.0690. The van der Waals surface area contributed by atoms with Crippen molar-refractivity contribution >= 4 is 11.7 Å². The topological polar surface area (TPSA) is 62.7 Å². The van der Waals surface area contributed by atoms with Gasteiger partial charge in [0.1, 0.15) is 6.23 Å². The highest BCUT2D eigenvalue weighted by atomic mass is 16.5. The Morgan fingerprint density at radius 2 is 2.09 bits per heavy atom. The van der Waals surface area contributed by atoms with Crippen LogP contribution in [0.4, 0.5) is 5.69 Å². The summed E-state index contributed by atoms with van der Waals surface area (Å²) in [5.74, 6) is -1.02. The molecule has 1 fully saturated rings. The molecule has 0 aliphatic carbocycles. The Morgan fingerprint density at radius 1 is 1.32 bits per heavy atom. The third-order valence-corrected chi connectivity index (χ3v) is 3.90. The van der Waals surface area contributed by atoms with Crippen molar-refractivity contribution in [2.75, 3.05) is 18.6 Å². The Kier molecular flexibility index (Phi) is 4.06. The summed E-state index contributed by atoms with van der Waals surface area (Å²) in [6.45, 7) is 0.857. The number of carbonyl (C=O) groups is 1. The summed E-state index contributed by atoms with van der Waals surface area (Å²) in [5, 5.41) is 9.33. The molecule has 1 atom stereocenters. The van der Waals surface area contributed by atoms with Gasteiger partial charge in [-0.15, -0.1) is 0 Å². The summed E-state index contributed by atoms with van der Waals surface area (Å²) in [6, 6.07) is 13.2. The van der Waals surface area contributed by atoms with E-state index in [2.05, 4.69) is 9.88 Å². The molecule has 1 aromatic heterocycles. The molecule has 0 radical (unpaired) electrons. The predicted molar refractivity (Wildman–Crippen MR) is 84.0 cm³/mol. The standard InChI is InChI=1S/C17H18N2O3/c1-22-16-8-5-9-19(16)13-10-14(12-6-3-2-4-7-12)18-15(11-13)17(20)21/h2-4,6-7,10-11,16H,5,8-9H2,1H3,(H,20,21)/t16-/m0/s1. The lowest BCUT2D eigenvalue weighted by Gasteiger charge is -2.26. The van der Waals surface area contributed by atoms with Gasteiger partial charge in [0.05, 0.1) is 5.69 Å². The van der Waals surface area contributed by atoms with Gasteiger partial charge in [-0.2, -0.15) is 0 Å². The van der Waals surface area contributed by atoms with E-state index in [0.717, 1.165) is 30.6 Å². The number of rotatable bonds is 4. The molecule has 1 aliphatic rings. The summed E-state index contributed by atoms with van der Waals surface area (Å²) in [6.07, 6.45) is 1.97. The maximum absolute atomic E-state index is 11.4. The smallest absolute Gasteiger partial charge is 0.354 e. The molecule has 0 amide bonds. The lowest BCUT2D eigenvalue weighted by Crippen LogP contribution is -2.30. The van der Waals surface area contributed by atoms with Gasteiger partial charge in [-0.1, -0.05) is 30.3 Å². The van der Waals surface area contributed by atoms with Gasteiger partial charge in [-0.3, -0.25) is 0 Å². The summed E-state index contributed by atoms with van der Waals surface area (Å²) in [4.78, 5) is 17.7. The Bertz CT molecular complexity index is 673. The van der Waals surface area contributed by atoms with Gasteiger partial charge in [-0.05, 0) is 25.0 Å². The first kappa shape index (κ1) is 14.5. The molecule has 0 saturated carbocycles. The van der Waals surface area contributed by atoms with E-state index in [1.54, 1.807) is 13.2 Å². The van der Waals surface area contributed by atoms with Crippen molar-refractivity contribution in [2.45, 2.75) is 19.1 Å². The molecule has 1 aliphatic heterocycles. The van der Waals surface area contributed by atoms with Crippen LogP contribution in [0.15, 0.2) is 42.5 Å². The average Bonchev–Trinajstić information content (AvgIpc) is 3.04. The first-order chi connectivity index (χ1) is 10.7. The maximum Gasteiger partial charge on any atom is 0.354 e. The number of pyridine rings is 1. The number of methoxy groups -OCH3 is 1. The number of anilines is 1. The van der Waals surface area contributed by atoms with Crippen LogP contribution in [0.1, 0.15) is 23.3 Å². The molecular weight excluding hydrogens is 280 g/mol. The normalized spacial score (nSPS) is 17.7. The molecule has 114 valence electrons. The fourth-order valence-electron chi connectivity index (χ4n) is 2.82. The first-order valence-electron chi connectivity index (χ1n) is 7.29. The van der Waals surface area contributed by atoms with E-state index in [1.807, 2.05) is 36.4 Å². The fraction of sp³-hybridized carbons (Fsp3) is 0.294. The molecular formula is C17H18N2O3. The molecule has 3 rings (SSSR count). The van der Waals surface area contributed by atoms with Crippen molar-refractivity contribution in [2.24, 2.45) is 0 Å². The van der Waals surface area contributed by atoms with Crippen molar-refractivity contribution in [3.63, 3.8) is 0 Å². The Labute approximate surface area is 129 Å². The van der Waals surface area contributed by atoms with Crippen LogP contribution in [-0.2, 0) is 4.74 Å². The van der Waals surface area contributed by atoms with E-state index in [4.69, 9.17) is 4.74 Å². The largest absolute Gasteiger partial charge is 0.477 e. The first-order valence-corrected chi connectivity index (χ1v) is 7.29. The Balaban J connectivity index is 2.07. The molecule has 0 bridgehead atoms. The van der Waals surface area contributed by atoms with Crippen LogP contribution in [0.2, 0.25) is 0 Å². The molecule has 1 aromatic carbocycles. The lowest BCUT2D eigenvalue weighted by atomic mass is 10.1. The zero-order valence-corrected chi connectivity index (χ0v) is 12.4. The third kappa shape index (κ3) is 2.80. The molecule has 22 heavy (non-hydrogen) atoms. The molecule has 2 aromatic rings. The molecule has 1 N–H and O–H groups in total. The van der Waals surface area contributed by atoms with Gasteiger partial charge >= 0.3 is 5.97 Å². The number of hydrogen-bond donors (Lipinski definition) is 1. The highest BCUT2D eigenvalue weighted by Gasteiger charge is 2.25. The number of carboxylic acid groups (broad SMARTS) is 1. The van der Waals surface area contributed by atoms with Crippen molar-refractivity contribution in [3.8, 4) is 11.3 Å². The van der Waals surface area contributed by atoms with Crippen molar-refractivity contribution in [1.29, 1.82) is 0 Å². The summed E-state index contributed by atoms with van der Waals surface area (Å²) in [5.41, 5.74) is 2.46. The Morgan fingerprint density at radius 3 is 2.77 bits per heavy atom. The van der Waals surface area contributed by atoms with Crippen LogP contribution in [0.25, 0.3) is 11.3 Å². The van der Waals surface area contributed by atoms with Crippen LogP contribution in [0, 0.1) is 0 Å². The maximum atomic E-state index is 11.4. The number of nitrogens with zero attached hydrogens (tertiary/aromatic N) is 2. The van der Waals surface area contributed by atoms with Crippen LogP contribution in [-0.4, -0.2) is 35.9 Å². The van der Waals surface area contributed by atoms with Crippen LogP contribution in [0.5, 0.6) is 0 Å². The second-order valence-electron chi connectivity index (χ2n) is 5.29. The molecule has 0 unspecified atom stereocenters. The zero-order valence-electron chi connectivity index (χ0n) is 12.4. The summed E-state index contributed by atoms with van der Waals surface area (Å²) >= 11 is 0. The molecule has 1 saturated heterocycles. The van der Waals surface area contributed by atoms with Crippen LogP contribution in [0.3, 0.4) is 0 Å². The number of carboxylic acids is 1. The second-order valence-corrected chi connectivity index (χ2v) is 5.29.